The monoisotopic (exact) mass is 602 g/mol. The van der Waals surface area contributed by atoms with Gasteiger partial charge in [-0.2, -0.15) is 0 Å². The molecular formula is C32H30Cl2SiZr. The number of allylic oxidation sites excluding steroid dienone is 1. The van der Waals surface area contributed by atoms with Gasteiger partial charge in [0.2, 0.25) is 0 Å². The average Bonchev–Trinajstić information content (AvgIpc) is 3.41. The third kappa shape index (κ3) is 3.80. The molecule has 1 aliphatic carbocycles. The molecule has 36 heavy (non-hydrogen) atoms. The molecule has 0 spiro atoms. The SMILES string of the molecule is CC1=Cc2c(ccc(C(C)C)c2-c2ccccc2C)[CH]1[Zr]([Cl])([Cl])[c]1cccc2c1[SiH2]c1ccccc1-2. The van der Waals surface area contributed by atoms with Crippen molar-refractivity contribution in [1.82, 2.24) is 0 Å². The first kappa shape index (κ1) is 24.6. The van der Waals surface area contributed by atoms with E-state index in [2.05, 4.69) is 113 Å². The molecule has 6 rings (SSSR count). The summed E-state index contributed by atoms with van der Waals surface area (Å²) in [5.74, 6) is 0.430. The van der Waals surface area contributed by atoms with Crippen LogP contribution in [0.3, 0.4) is 0 Å². The Kier molecular flexibility index (Phi) is 6.32. The fourth-order valence-corrected chi connectivity index (χ4v) is 23.5. The second-order valence-electron chi connectivity index (χ2n) is 10.6. The number of benzene rings is 4. The summed E-state index contributed by atoms with van der Waals surface area (Å²) in [4.78, 5) is 0. The van der Waals surface area contributed by atoms with Crippen molar-refractivity contribution in [3.8, 4) is 22.3 Å². The van der Waals surface area contributed by atoms with E-state index < -0.39 is 27.4 Å². The summed E-state index contributed by atoms with van der Waals surface area (Å²) in [6.45, 7) is 9.03. The standard InChI is InChI=1S/C20H21.C12H9Si.2ClH.Zr/c1-13(2)17-10-9-16-11-14(3)12-19(16)20(17)18-8-6-5-7-15(18)4;1-3-7-11-9(5-1)10-6-2-4-8-12(10)13-11;;;/h5-13H,1-4H3;1-7H,13H2;2*1H;/q;;;;+2/p-2. The number of halogens is 2. The number of fused-ring (bicyclic) bond motifs is 4. The van der Waals surface area contributed by atoms with Crippen LogP contribution in [0.15, 0.2) is 84.4 Å². The van der Waals surface area contributed by atoms with E-state index >= 15 is 0 Å². The summed E-state index contributed by atoms with van der Waals surface area (Å²) >= 11 is -3.89. The van der Waals surface area contributed by atoms with Crippen LogP contribution in [0.25, 0.3) is 28.3 Å². The van der Waals surface area contributed by atoms with Crippen molar-refractivity contribution in [1.29, 1.82) is 0 Å². The molecule has 0 saturated carbocycles. The van der Waals surface area contributed by atoms with Crippen molar-refractivity contribution in [2.45, 2.75) is 37.2 Å². The van der Waals surface area contributed by atoms with E-state index in [-0.39, 0.29) is 3.63 Å². The molecule has 1 atom stereocenters. The van der Waals surface area contributed by atoms with Gasteiger partial charge in [0, 0.05) is 0 Å². The Morgan fingerprint density at radius 3 is 2.22 bits per heavy atom. The zero-order chi connectivity index (χ0) is 25.2. The molecule has 0 radical (unpaired) electrons. The van der Waals surface area contributed by atoms with Gasteiger partial charge in [-0.1, -0.05) is 0 Å². The Balaban J connectivity index is 1.53. The molecule has 1 aliphatic heterocycles. The Labute approximate surface area is 228 Å². The summed E-state index contributed by atoms with van der Waals surface area (Å²) < 4.78 is 1.41. The maximum atomic E-state index is 7.71. The van der Waals surface area contributed by atoms with E-state index in [1.165, 1.54) is 63.7 Å². The summed E-state index contributed by atoms with van der Waals surface area (Å²) in [5, 5.41) is 3.00. The minimum atomic E-state index is -3.89. The zero-order valence-corrected chi connectivity index (χ0v) is 26.6. The van der Waals surface area contributed by atoms with Crippen LogP contribution >= 0.6 is 17.0 Å². The van der Waals surface area contributed by atoms with Crippen molar-refractivity contribution < 1.29 is 17.9 Å². The van der Waals surface area contributed by atoms with Crippen LogP contribution < -0.4 is 13.6 Å². The third-order valence-corrected chi connectivity index (χ3v) is 22.6. The second kappa shape index (κ2) is 9.25. The molecule has 0 saturated heterocycles. The summed E-state index contributed by atoms with van der Waals surface area (Å²) in [5.41, 5.74) is 12.1. The molecule has 180 valence electrons. The third-order valence-electron chi connectivity index (χ3n) is 8.06. The van der Waals surface area contributed by atoms with Crippen LogP contribution in [-0.2, 0) is 17.9 Å². The predicted octanol–water partition coefficient (Wildman–Crippen LogP) is 7.13. The van der Waals surface area contributed by atoms with Crippen LogP contribution in [0.2, 0.25) is 0 Å². The second-order valence-corrected chi connectivity index (χ2v) is 26.4. The summed E-state index contributed by atoms with van der Waals surface area (Å²) in [7, 11) is 14.8. The van der Waals surface area contributed by atoms with E-state index in [0.29, 0.717) is 5.92 Å². The van der Waals surface area contributed by atoms with E-state index in [4.69, 9.17) is 17.0 Å². The predicted molar refractivity (Wildman–Crippen MR) is 158 cm³/mol. The molecule has 0 N–H and O–H groups in total. The van der Waals surface area contributed by atoms with Gasteiger partial charge in [-0.25, -0.2) is 0 Å². The van der Waals surface area contributed by atoms with Gasteiger partial charge >= 0.3 is 230 Å². The summed E-state index contributed by atoms with van der Waals surface area (Å²) in [6.07, 6.45) is 2.39. The molecule has 4 aromatic rings. The van der Waals surface area contributed by atoms with E-state index in [1.807, 2.05) is 0 Å². The zero-order valence-electron chi connectivity index (χ0n) is 21.2. The minimum absolute atomic E-state index is 0.117. The van der Waals surface area contributed by atoms with Gasteiger partial charge in [-0.3, -0.25) is 0 Å². The molecule has 4 heteroatoms. The van der Waals surface area contributed by atoms with Crippen molar-refractivity contribution in [3.05, 3.63) is 107 Å². The van der Waals surface area contributed by atoms with Crippen molar-refractivity contribution in [2.24, 2.45) is 0 Å². The van der Waals surface area contributed by atoms with Crippen LogP contribution in [0.1, 0.15) is 52.6 Å². The maximum absolute atomic E-state index is 7.71. The van der Waals surface area contributed by atoms with Gasteiger partial charge < -0.3 is 0 Å². The number of hydrogen-bond donors (Lipinski definition) is 0. The molecule has 0 fully saturated rings. The average molecular weight is 605 g/mol. The number of rotatable bonds is 4. The first-order valence-corrected chi connectivity index (χ1v) is 23.2. The quantitative estimate of drug-likeness (QED) is 0.192. The van der Waals surface area contributed by atoms with Crippen molar-refractivity contribution in [2.75, 3.05) is 0 Å². The molecule has 0 aromatic heterocycles. The van der Waals surface area contributed by atoms with E-state index in [0.717, 1.165) is 0 Å². The van der Waals surface area contributed by atoms with Gasteiger partial charge in [0.15, 0.2) is 0 Å². The fourth-order valence-electron chi connectivity index (χ4n) is 6.36. The Morgan fingerprint density at radius 2 is 1.47 bits per heavy atom. The Morgan fingerprint density at radius 1 is 0.778 bits per heavy atom. The van der Waals surface area contributed by atoms with Crippen molar-refractivity contribution in [3.63, 3.8) is 0 Å². The normalized spacial score (nSPS) is 16.8. The van der Waals surface area contributed by atoms with Gasteiger partial charge in [-0.15, -0.1) is 0 Å². The molecule has 1 unspecified atom stereocenters. The van der Waals surface area contributed by atoms with Gasteiger partial charge in [0.1, 0.15) is 0 Å². The van der Waals surface area contributed by atoms with Gasteiger partial charge in [0.25, 0.3) is 0 Å². The van der Waals surface area contributed by atoms with Gasteiger partial charge in [0.05, 0.1) is 0 Å². The van der Waals surface area contributed by atoms with Crippen LogP contribution in [0, 0.1) is 6.92 Å². The molecule has 2 aliphatic rings. The topological polar surface area (TPSA) is 0 Å². The molecule has 1 heterocycles. The van der Waals surface area contributed by atoms with Crippen molar-refractivity contribution >= 4 is 46.3 Å². The van der Waals surface area contributed by atoms with Crippen LogP contribution in [-0.4, -0.2) is 9.52 Å². The molecule has 4 aromatic carbocycles. The number of hydrogen-bond acceptors (Lipinski definition) is 0. The van der Waals surface area contributed by atoms with Crippen LogP contribution in [0.5, 0.6) is 0 Å². The molecule has 0 amide bonds. The number of aryl methyl sites for hydroxylation is 1. The first-order valence-electron chi connectivity index (χ1n) is 12.8. The molecule has 0 nitrogen and oxygen atoms in total. The van der Waals surface area contributed by atoms with Crippen LogP contribution in [0.4, 0.5) is 0 Å². The van der Waals surface area contributed by atoms with E-state index in [9.17, 15) is 0 Å². The first-order chi connectivity index (χ1) is 17.3. The van der Waals surface area contributed by atoms with Gasteiger partial charge in [-0.05, 0) is 0 Å². The molecule has 0 bridgehead atoms. The Bertz CT molecular complexity index is 1550. The fraction of sp³-hybridized carbons (Fsp3) is 0.188. The molecular weight excluding hydrogens is 575 g/mol. The summed E-state index contributed by atoms with van der Waals surface area (Å²) in [6, 6.07) is 29.0. The Hall–Kier alpha value is -1.70. The van der Waals surface area contributed by atoms with E-state index in [1.54, 1.807) is 0 Å².